The van der Waals surface area contributed by atoms with E-state index in [9.17, 15) is 14.4 Å². The van der Waals surface area contributed by atoms with E-state index in [1.165, 1.54) is 0 Å². The highest BCUT2D eigenvalue weighted by Gasteiger charge is 2.20. The Hall–Kier alpha value is -3.11. The number of anilines is 1. The second-order valence-corrected chi connectivity index (χ2v) is 8.17. The van der Waals surface area contributed by atoms with E-state index in [1.54, 1.807) is 45.2 Å². The first kappa shape index (κ1) is 21.6. The van der Waals surface area contributed by atoms with Gasteiger partial charge in [-0.3, -0.25) is 9.78 Å². The van der Waals surface area contributed by atoms with Crippen molar-refractivity contribution in [1.82, 2.24) is 9.97 Å². The molecule has 0 saturated heterocycles. The molecular weight excluding hydrogens is 426 g/mol. The molecule has 10 heteroatoms. The Morgan fingerprint density at radius 3 is 2.53 bits per heavy atom. The molecule has 1 N–H and O–H groups in total. The Morgan fingerprint density at radius 2 is 1.83 bits per heavy atom. The number of rotatable bonds is 7. The van der Waals surface area contributed by atoms with Crippen LogP contribution >= 0.6 is 22.7 Å². The van der Waals surface area contributed by atoms with Gasteiger partial charge >= 0.3 is 11.9 Å². The Kier molecular flexibility index (Phi) is 6.91. The van der Waals surface area contributed by atoms with Crippen molar-refractivity contribution in [2.45, 2.75) is 20.8 Å². The van der Waals surface area contributed by atoms with Crippen molar-refractivity contribution in [1.29, 1.82) is 0 Å². The topological polar surface area (TPSA) is 107 Å². The average molecular weight is 446 g/mol. The predicted octanol–water partition coefficient (Wildman–Crippen LogP) is 3.86. The number of aryl methyl sites for hydroxylation is 2. The lowest BCUT2D eigenvalue weighted by atomic mass is 10.3. The summed E-state index contributed by atoms with van der Waals surface area (Å²) in [7, 11) is 0. The smallest absolute Gasteiger partial charge is 0.350 e. The van der Waals surface area contributed by atoms with E-state index < -0.39 is 24.5 Å². The lowest BCUT2D eigenvalue weighted by Crippen LogP contribution is -2.20. The van der Waals surface area contributed by atoms with Crippen LogP contribution in [0.5, 0.6) is 0 Å². The maximum absolute atomic E-state index is 12.4. The lowest BCUT2D eigenvalue weighted by Gasteiger charge is -2.04. The molecule has 0 aliphatic heterocycles. The van der Waals surface area contributed by atoms with Crippen LogP contribution in [-0.2, 0) is 14.3 Å². The van der Waals surface area contributed by atoms with E-state index in [-0.39, 0.29) is 6.61 Å². The summed E-state index contributed by atoms with van der Waals surface area (Å²) in [6.07, 6.45) is 1.65. The largest absolute Gasteiger partial charge is 0.462 e. The number of nitrogens with zero attached hydrogens (tertiary/aromatic N) is 2. The number of carbonyl (C=O) groups excluding carboxylic acids is 3. The van der Waals surface area contributed by atoms with Gasteiger partial charge in [0.1, 0.15) is 14.8 Å². The monoisotopic (exact) mass is 445 g/mol. The number of carbonyl (C=O) groups is 3. The molecule has 8 nitrogen and oxygen atoms in total. The van der Waals surface area contributed by atoms with Gasteiger partial charge in [0.15, 0.2) is 6.61 Å². The second-order valence-electron chi connectivity index (χ2n) is 6.12. The quantitative estimate of drug-likeness (QED) is 0.550. The zero-order valence-electron chi connectivity index (χ0n) is 16.6. The maximum atomic E-state index is 12.4. The molecule has 3 aromatic heterocycles. The Balaban J connectivity index is 1.59. The molecular formula is C20H19N3O5S2. The molecule has 0 spiro atoms. The molecule has 0 aliphatic carbocycles. The van der Waals surface area contributed by atoms with Crippen LogP contribution in [0.4, 0.5) is 5.00 Å². The van der Waals surface area contributed by atoms with E-state index in [2.05, 4.69) is 15.3 Å². The van der Waals surface area contributed by atoms with Crippen molar-refractivity contribution in [3.05, 3.63) is 51.5 Å². The summed E-state index contributed by atoms with van der Waals surface area (Å²) in [4.78, 5) is 45.7. The zero-order valence-corrected chi connectivity index (χ0v) is 18.2. The first-order valence-electron chi connectivity index (χ1n) is 9.02. The number of amides is 1. The van der Waals surface area contributed by atoms with Crippen molar-refractivity contribution < 1.29 is 23.9 Å². The summed E-state index contributed by atoms with van der Waals surface area (Å²) in [5.74, 6) is -1.57. The Bertz CT molecular complexity index is 1080. The fourth-order valence-electron chi connectivity index (χ4n) is 2.50. The van der Waals surface area contributed by atoms with Crippen LogP contribution in [0.2, 0.25) is 0 Å². The third-order valence-electron chi connectivity index (χ3n) is 3.84. The number of nitrogens with one attached hydrogen (secondary N) is 1. The summed E-state index contributed by atoms with van der Waals surface area (Å²) in [6.45, 7) is 4.99. The summed E-state index contributed by atoms with van der Waals surface area (Å²) < 4.78 is 10.1. The number of pyridine rings is 1. The van der Waals surface area contributed by atoms with Crippen molar-refractivity contribution in [3.8, 4) is 10.7 Å². The van der Waals surface area contributed by atoms with E-state index >= 15 is 0 Å². The maximum Gasteiger partial charge on any atom is 0.350 e. The SMILES string of the molecule is CCOC(=O)c1sc(NC(=O)COC(=O)c2sc(-c3ccccn3)nc2C)cc1C. The molecule has 30 heavy (non-hydrogen) atoms. The summed E-state index contributed by atoms with van der Waals surface area (Å²) in [6, 6.07) is 7.10. The van der Waals surface area contributed by atoms with Gasteiger partial charge in [0, 0.05) is 6.20 Å². The molecule has 156 valence electrons. The third kappa shape index (κ3) is 5.08. The highest BCUT2D eigenvalue weighted by molar-refractivity contribution is 7.18. The third-order valence-corrected chi connectivity index (χ3v) is 6.13. The molecule has 0 fully saturated rings. The van der Waals surface area contributed by atoms with E-state index in [1.807, 2.05) is 6.07 Å². The predicted molar refractivity (Wildman–Crippen MR) is 114 cm³/mol. The average Bonchev–Trinajstić information content (AvgIpc) is 3.29. The number of thiazole rings is 1. The number of thiophene rings is 1. The summed E-state index contributed by atoms with van der Waals surface area (Å²) in [5.41, 5.74) is 1.87. The van der Waals surface area contributed by atoms with Gasteiger partial charge in [-0.1, -0.05) is 6.07 Å². The molecule has 3 rings (SSSR count). The van der Waals surface area contributed by atoms with Crippen molar-refractivity contribution in [2.75, 3.05) is 18.5 Å². The van der Waals surface area contributed by atoms with E-state index in [4.69, 9.17) is 9.47 Å². The van der Waals surface area contributed by atoms with Gasteiger partial charge in [-0.2, -0.15) is 0 Å². The van der Waals surface area contributed by atoms with Crippen LogP contribution in [0.25, 0.3) is 10.7 Å². The van der Waals surface area contributed by atoms with Crippen molar-refractivity contribution >= 4 is 45.5 Å². The van der Waals surface area contributed by atoms with Gasteiger partial charge in [0.2, 0.25) is 0 Å². The Labute approximate surface area is 180 Å². The highest BCUT2D eigenvalue weighted by atomic mass is 32.1. The molecule has 0 aromatic carbocycles. The van der Waals surface area contributed by atoms with Crippen LogP contribution in [0, 0.1) is 13.8 Å². The van der Waals surface area contributed by atoms with Crippen molar-refractivity contribution in [3.63, 3.8) is 0 Å². The first-order valence-corrected chi connectivity index (χ1v) is 10.7. The van der Waals surface area contributed by atoms with Crippen molar-refractivity contribution in [2.24, 2.45) is 0 Å². The van der Waals surface area contributed by atoms with Gasteiger partial charge < -0.3 is 14.8 Å². The van der Waals surface area contributed by atoms with Gasteiger partial charge in [-0.25, -0.2) is 14.6 Å². The molecule has 0 radical (unpaired) electrons. The fraction of sp³-hybridized carbons (Fsp3) is 0.250. The van der Waals surface area contributed by atoms with Crippen LogP contribution < -0.4 is 5.32 Å². The van der Waals surface area contributed by atoms with Crippen LogP contribution in [0.15, 0.2) is 30.5 Å². The van der Waals surface area contributed by atoms with E-state index in [0.29, 0.717) is 36.7 Å². The zero-order chi connectivity index (χ0) is 21.7. The molecule has 3 aromatic rings. The molecule has 3 heterocycles. The lowest BCUT2D eigenvalue weighted by molar-refractivity contribution is -0.119. The molecule has 0 bridgehead atoms. The molecule has 1 amide bonds. The fourth-order valence-corrected chi connectivity index (χ4v) is 4.42. The van der Waals surface area contributed by atoms with E-state index in [0.717, 1.165) is 22.7 Å². The first-order chi connectivity index (χ1) is 14.4. The molecule has 0 unspecified atom stereocenters. The minimum absolute atomic E-state index is 0.271. The number of hydrogen-bond donors (Lipinski definition) is 1. The highest BCUT2D eigenvalue weighted by Crippen LogP contribution is 2.28. The second kappa shape index (κ2) is 9.59. The minimum Gasteiger partial charge on any atom is -0.462 e. The standard InChI is InChI=1S/C20H19N3O5S2/c1-4-27-19(25)16-11(2)9-15(29-16)23-14(24)10-28-20(26)17-12(3)22-18(30-17)13-7-5-6-8-21-13/h5-9H,4,10H2,1-3H3,(H,23,24). The molecule has 0 aliphatic rings. The minimum atomic E-state index is -0.628. The number of hydrogen-bond acceptors (Lipinski definition) is 9. The van der Waals surface area contributed by atoms with Crippen LogP contribution in [0.3, 0.4) is 0 Å². The van der Waals surface area contributed by atoms with Crippen LogP contribution in [-0.4, -0.2) is 41.0 Å². The van der Waals surface area contributed by atoms with Crippen LogP contribution in [0.1, 0.15) is 37.5 Å². The normalized spacial score (nSPS) is 10.5. The summed E-state index contributed by atoms with van der Waals surface area (Å²) >= 11 is 2.27. The number of esters is 2. The summed E-state index contributed by atoms with van der Waals surface area (Å²) in [5, 5.41) is 3.70. The number of ether oxygens (including phenoxy) is 2. The molecule has 0 atom stereocenters. The Morgan fingerprint density at radius 1 is 1.07 bits per heavy atom. The van der Waals surface area contributed by atoms with Gasteiger partial charge in [-0.05, 0) is 44.5 Å². The molecule has 0 saturated carbocycles. The van der Waals surface area contributed by atoms with Gasteiger partial charge in [-0.15, -0.1) is 22.7 Å². The van der Waals surface area contributed by atoms with Gasteiger partial charge in [0.25, 0.3) is 5.91 Å². The van der Waals surface area contributed by atoms with Gasteiger partial charge in [0.05, 0.1) is 23.0 Å². The number of aromatic nitrogens is 2.